The molecule has 0 heterocycles. The highest BCUT2D eigenvalue weighted by molar-refractivity contribution is 9.10. The van der Waals surface area contributed by atoms with Crippen molar-refractivity contribution in [2.45, 2.75) is 30.7 Å². The van der Waals surface area contributed by atoms with Crippen molar-refractivity contribution >= 4 is 31.9 Å². The molecule has 0 unspecified atom stereocenters. The average molecular weight is 378 g/mol. The predicted molar refractivity (Wildman–Crippen MR) is 85.2 cm³/mol. The van der Waals surface area contributed by atoms with Crippen LogP contribution < -0.4 is 15.8 Å². The summed E-state index contributed by atoms with van der Waals surface area (Å²) in [6, 6.07) is 6.27. The standard InChI is InChI=1S/C13H20BrN3O3S/c1-13(2,15)9-16-12(18)7-8-17-21(19,20)11-5-3-10(14)4-6-11/h3-6,17H,7-9,15H2,1-2H3,(H,16,18). The molecule has 0 fully saturated rings. The highest BCUT2D eigenvalue weighted by Gasteiger charge is 2.15. The van der Waals surface area contributed by atoms with Crippen LogP contribution >= 0.6 is 15.9 Å². The van der Waals surface area contributed by atoms with E-state index in [9.17, 15) is 13.2 Å². The van der Waals surface area contributed by atoms with E-state index in [-0.39, 0.29) is 23.8 Å². The number of carbonyl (C=O) groups is 1. The largest absolute Gasteiger partial charge is 0.354 e. The number of rotatable bonds is 7. The minimum Gasteiger partial charge on any atom is -0.354 e. The monoisotopic (exact) mass is 377 g/mol. The zero-order chi connectivity index (χ0) is 16.1. The predicted octanol–water partition coefficient (Wildman–Crippen LogP) is 0.971. The van der Waals surface area contributed by atoms with E-state index in [0.717, 1.165) is 4.47 Å². The van der Waals surface area contributed by atoms with Crippen LogP contribution in [0.3, 0.4) is 0 Å². The Hall–Kier alpha value is -0.960. The quantitative estimate of drug-likeness (QED) is 0.658. The van der Waals surface area contributed by atoms with Gasteiger partial charge in [-0.25, -0.2) is 13.1 Å². The molecule has 21 heavy (non-hydrogen) atoms. The Balaban J connectivity index is 2.44. The van der Waals surface area contributed by atoms with Crippen LogP contribution in [0.4, 0.5) is 0 Å². The Kier molecular flexibility index (Phi) is 6.33. The summed E-state index contributed by atoms with van der Waals surface area (Å²) in [4.78, 5) is 11.7. The van der Waals surface area contributed by atoms with Crippen molar-refractivity contribution in [1.82, 2.24) is 10.0 Å². The first-order valence-corrected chi connectivity index (χ1v) is 8.69. The highest BCUT2D eigenvalue weighted by atomic mass is 79.9. The number of hydrogen-bond acceptors (Lipinski definition) is 4. The lowest BCUT2D eigenvalue weighted by Crippen LogP contribution is -2.45. The summed E-state index contributed by atoms with van der Waals surface area (Å²) in [6.45, 7) is 3.97. The van der Waals surface area contributed by atoms with Crippen LogP contribution in [0.25, 0.3) is 0 Å². The second-order valence-electron chi connectivity index (χ2n) is 5.37. The normalized spacial score (nSPS) is 12.2. The maximum atomic E-state index is 12.0. The topological polar surface area (TPSA) is 101 Å². The van der Waals surface area contributed by atoms with Crippen molar-refractivity contribution in [2.24, 2.45) is 5.73 Å². The molecule has 0 saturated heterocycles. The Bertz CT molecular complexity index is 580. The second kappa shape index (κ2) is 7.35. The number of benzene rings is 1. The molecule has 1 amide bonds. The van der Waals surface area contributed by atoms with Gasteiger partial charge in [0.1, 0.15) is 0 Å². The van der Waals surface area contributed by atoms with Crippen LogP contribution in [0.1, 0.15) is 20.3 Å². The summed E-state index contributed by atoms with van der Waals surface area (Å²) in [5.74, 6) is -0.243. The van der Waals surface area contributed by atoms with E-state index in [4.69, 9.17) is 5.73 Å². The molecule has 1 aromatic rings. The van der Waals surface area contributed by atoms with Crippen molar-refractivity contribution in [3.63, 3.8) is 0 Å². The van der Waals surface area contributed by atoms with Gasteiger partial charge in [-0.2, -0.15) is 0 Å². The van der Waals surface area contributed by atoms with Crippen molar-refractivity contribution in [3.05, 3.63) is 28.7 Å². The number of halogens is 1. The molecule has 1 aromatic carbocycles. The van der Waals surface area contributed by atoms with Crippen LogP contribution in [0.2, 0.25) is 0 Å². The van der Waals surface area contributed by atoms with Gasteiger partial charge in [-0.05, 0) is 38.1 Å². The minimum atomic E-state index is -3.59. The molecule has 0 saturated carbocycles. The third-order valence-corrected chi connectivity index (χ3v) is 4.51. The summed E-state index contributed by atoms with van der Waals surface area (Å²) in [7, 11) is -3.59. The molecule has 0 aliphatic carbocycles. The molecule has 118 valence electrons. The van der Waals surface area contributed by atoms with Crippen molar-refractivity contribution < 1.29 is 13.2 Å². The van der Waals surface area contributed by atoms with Gasteiger partial charge in [-0.15, -0.1) is 0 Å². The fourth-order valence-electron chi connectivity index (χ4n) is 1.41. The van der Waals surface area contributed by atoms with E-state index < -0.39 is 15.6 Å². The van der Waals surface area contributed by atoms with Gasteiger partial charge < -0.3 is 11.1 Å². The van der Waals surface area contributed by atoms with E-state index in [1.165, 1.54) is 12.1 Å². The Labute approximate surface area is 133 Å². The summed E-state index contributed by atoms with van der Waals surface area (Å²) in [5.41, 5.74) is 5.25. The number of sulfonamides is 1. The van der Waals surface area contributed by atoms with Gasteiger partial charge in [0.05, 0.1) is 4.90 Å². The third-order valence-electron chi connectivity index (χ3n) is 2.51. The zero-order valence-corrected chi connectivity index (χ0v) is 14.4. The lowest BCUT2D eigenvalue weighted by atomic mass is 10.1. The average Bonchev–Trinajstić information content (AvgIpc) is 2.36. The van der Waals surface area contributed by atoms with E-state index in [1.807, 2.05) is 0 Å². The molecule has 0 aliphatic rings. The summed E-state index contributed by atoms with van der Waals surface area (Å²) >= 11 is 3.24. The Morgan fingerprint density at radius 3 is 2.38 bits per heavy atom. The van der Waals surface area contributed by atoms with Crippen LogP contribution in [0.15, 0.2) is 33.6 Å². The minimum absolute atomic E-state index is 0.0369. The molecule has 8 heteroatoms. The fourth-order valence-corrected chi connectivity index (χ4v) is 2.71. The lowest BCUT2D eigenvalue weighted by Gasteiger charge is -2.18. The molecule has 0 radical (unpaired) electrons. The van der Waals surface area contributed by atoms with Crippen molar-refractivity contribution in [1.29, 1.82) is 0 Å². The van der Waals surface area contributed by atoms with Gasteiger partial charge in [-0.3, -0.25) is 4.79 Å². The van der Waals surface area contributed by atoms with E-state index in [1.54, 1.807) is 26.0 Å². The summed E-state index contributed by atoms with van der Waals surface area (Å²) < 4.78 is 27.1. The van der Waals surface area contributed by atoms with E-state index in [0.29, 0.717) is 6.54 Å². The third kappa shape index (κ3) is 7.03. The maximum absolute atomic E-state index is 12.0. The number of nitrogens with two attached hydrogens (primary N) is 1. The molecule has 0 atom stereocenters. The molecular formula is C13H20BrN3O3S. The Morgan fingerprint density at radius 1 is 1.29 bits per heavy atom. The van der Waals surface area contributed by atoms with E-state index >= 15 is 0 Å². The number of nitrogens with one attached hydrogen (secondary N) is 2. The van der Waals surface area contributed by atoms with Crippen LogP contribution in [-0.2, 0) is 14.8 Å². The molecular weight excluding hydrogens is 358 g/mol. The molecule has 0 aromatic heterocycles. The van der Waals surface area contributed by atoms with Crippen molar-refractivity contribution in [3.8, 4) is 0 Å². The van der Waals surface area contributed by atoms with Gasteiger partial charge in [0.2, 0.25) is 15.9 Å². The summed E-state index contributed by atoms with van der Waals surface area (Å²) in [6.07, 6.45) is 0.0613. The number of hydrogen-bond donors (Lipinski definition) is 3. The molecule has 0 bridgehead atoms. The second-order valence-corrected chi connectivity index (χ2v) is 8.05. The van der Waals surface area contributed by atoms with E-state index in [2.05, 4.69) is 26.0 Å². The number of amides is 1. The van der Waals surface area contributed by atoms with Crippen LogP contribution in [-0.4, -0.2) is 33.0 Å². The highest BCUT2D eigenvalue weighted by Crippen LogP contribution is 2.14. The van der Waals surface area contributed by atoms with Crippen molar-refractivity contribution in [2.75, 3.05) is 13.1 Å². The summed E-state index contributed by atoms with van der Waals surface area (Å²) in [5, 5.41) is 2.65. The van der Waals surface area contributed by atoms with Gasteiger partial charge in [0.15, 0.2) is 0 Å². The smallest absolute Gasteiger partial charge is 0.240 e. The first-order valence-electron chi connectivity index (χ1n) is 6.41. The van der Waals surface area contributed by atoms with Crippen LogP contribution in [0.5, 0.6) is 0 Å². The first-order chi connectivity index (χ1) is 9.60. The molecule has 0 aliphatic heterocycles. The molecule has 4 N–H and O–H groups in total. The molecule has 1 rings (SSSR count). The zero-order valence-electron chi connectivity index (χ0n) is 12.0. The molecule has 0 spiro atoms. The SMILES string of the molecule is CC(C)(N)CNC(=O)CCNS(=O)(=O)c1ccc(Br)cc1. The van der Waals surface area contributed by atoms with Crippen LogP contribution in [0, 0.1) is 0 Å². The van der Waals surface area contributed by atoms with Gasteiger partial charge >= 0.3 is 0 Å². The molecule has 6 nitrogen and oxygen atoms in total. The fraction of sp³-hybridized carbons (Fsp3) is 0.462. The number of carbonyl (C=O) groups excluding carboxylic acids is 1. The van der Waals surface area contributed by atoms with Gasteiger partial charge in [0.25, 0.3) is 0 Å². The first kappa shape index (κ1) is 18.1. The lowest BCUT2D eigenvalue weighted by molar-refractivity contribution is -0.121. The van der Waals surface area contributed by atoms with Gasteiger partial charge in [0, 0.05) is 29.5 Å². The van der Waals surface area contributed by atoms with Gasteiger partial charge in [-0.1, -0.05) is 15.9 Å². The Morgan fingerprint density at radius 2 is 1.86 bits per heavy atom. The maximum Gasteiger partial charge on any atom is 0.240 e.